The first-order valence-corrected chi connectivity index (χ1v) is 16.6. The standard InChI is InChI=1S/C33H40ClN3O6S/c1-24(33(39)35-27-12-8-5-9-13-27)36(21-20-25-10-6-4-7-11-25)32(38)23-37(28-16-14-26(34)15-17-28)44(40,41)29-18-19-30(42-2)31(22-29)43-3/h4,6-7,10-11,14-19,22,24,27H,5,8-9,12-13,20-21,23H2,1-3H3,(H,35,39)/t24-/m0/s1. The Morgan fingerprint density at radius 2 is 1.59 bits per heavy atom. The van der Waals surface area contributed by atoms with Crippen LogP contribution in [0.1, 0.15) is 44.6 Å². The number of methoxy groups -OCH3 is 2. The summed E-state index contributed by atoms with van der Waals surface area (Å²) in [6.07, 6.45) is 5.57. The number of ether oxygens (including phenoxy) is 2. The van der Waals surface area contributed by atoms with Crippen molar-refractivity contribution in [2.24, 2.45) is 0 Å². The van der Waals surface area contributed by atoms with E-state index < -0.39 is 28.5 Å². The SMILES string of the molecule is COc1ccc(S(=O)(=O)N(CC(=O)N(CCc2ccccc2)[C@@H](C)C(=O)NC2CCCCC2)c2ccc(Cl)cc2)cc1OC. The number of sulfonamides is 1. The molecule has 1 saturated carbocycles. The molecule has 0 spiro atoms. The van der Waals surface area contributed by atoms with Crippen LogP contribution in [-0.4, -0.2) is 64.5 Å². The second-order valence-corrected chi connectivity index (χ2v) is 13.1. The first kappa shape index (κ1) is 33.1. The number of hydrogen-bond donors (Lipinski definition) is 1. The van der Waals surface area contributed by atoms with E-state index in [1.165, 1.54) is 37.3 Å². The number of benzene rings is 3. The van der Waals surface area contributed by atoms with E-state index in [4.69, 9.17) is 21.1 Å². The van der Waals surface area contributed by atoms with Gasteiger partial charge in [-0.3, -0.25) is 13.9 Å². The van der Waals surface area contributed by atoms with Crippen LogP contribution in [0.4, 0.5) is 5.69 Å². The van der Waals surface area contributed by atoms with E-state index in [1.54, 1.807) is 31.2 Å². The van der Waals surface area contributed by atoms with Gasteiger partial charge in [0, 0.05) is 23.7 Å². The van der Waals surface area contributed by atoms with Crippen molar-refractivity contribution in [1.82, 2.24) is 10.2 Å². The fourth-order valence-corrected chi connectivity index (χ4v) is 6.94. The van der Waals surface area contributed by atoms with Gasteiger partial charge in [-0.05, 0) is 68.1 Å². The minimum Gasteiger partial charge on any atom is -0.493 e. The molecule has 0 aromatic heterocycles. The van der Waals surface area contributed by atoms with Crippen molar-refractivity contribution < 1.29 is 27.5 Å². The first-order valence-electron chi connectivity index (χ1n) is 14.8. The van der Waals surface area contributed by atoms with Gasteiger partial charge in [-0.2, -0.15) is 0 Å². The maximum Gasteiger partial charge on any atom is 0.264 e. The van der Waals surface area contributed by atoms with Gasteiger partial charge in [-0.15, -0.1) is 0 Å². The molecule has 2 amide bonds. The Kier molecular flexibility index (Phi) is 11.5. The molecule has 0 saturated heterocycles. The zero-order valence-corrected chi connectivity index (χ0v) is 26.9. The Bertz CT molecular complexity index is 1510. The number of carbonyl (C=O) groups is 2. The van der Waals surface area contributed by atoms with Crippen molar-refractivity contribution in [1.29, 1.82) is 0 Å². The second-order valence-electron chi connectivity index (χ2n) is 10.8. The zero-order valence-electron chi connectivity index (χ0n) is 25.4. The Hall–Kier alpha value is -3.76. The number of hydrogen-bond acceptors (Lipinski definition) is 6. The van der Waals surface area contributed by atoms with Crippen LogP contribution < -0.4 is 19.1 Å². The Morgan fingerprint density at radius 1 is 0.932 bits per heavy atom. The number of nitrogens with zero attached hydrogens (tertiary/aromatic N) is 2. The van der Waals surface area contributed by atoms with Gasteiger partial charge in [-0.1, -0.05) is 61.2 Å². The van der Waals surface area contributed by atoms with E-state index in [0.717, 1.165) is 42.0 Å². The van der Waals surface area contributed by atoms with E-state index in [9.17, 15) is 18.0 Å². The lowest BCUT2D eigenvalue weighted by atomic mass is 9.95. The summed E-state index contributed by atoms with van der Waals surface area (Å²) in [4.78, 5) is 28.9. The Labute approximate surface area is 265 Å². The van der Waals surface area contributed by atoms with Gasteiger partial charge in [0.25, 0.3) is 10.0 Å². The molecule has 236 valence electrons. The third-order valence-corrected chi connectivity index (χ3v) is 9.96. The molecule has 1 atom stereocenters. The topological polar surface area (TPSA) is 105 Å². The molecule has 3 aromatic carbocycles. The van der Waals surface area contributed by atoms with E-state index in [-0.39, 0.29) is 34.8 Å². The van der Waals surface area contributed by atoms with Crippen molar-refractivity contribution in [3.8, 4) is 11.5 Å². The largest absolute Gasteiger partial charge is 0.493 e. The third-order valence-electron chi connectivity index (χ3n) is 7.94. The molecular weight excluding hydrogens is 602 g/mol. The summed E-state index contributed by atoms with van der Waals surface area (Å²) in [6, 6.07) is 19.4. The molecular formula is C33H40ClN3O6S. The molecule has 0 radical (unpaired) electrons. The average Bonchev–Trinajstić information content (AvgIpc) is 3.04. The fourth-order valence-electron chi connectivity index (χ4n) is 5.38. The van der Waals surface area contributed by atoms with Crippen LogP contribution in [0.25, 0.3) is 0 Å². The number of nitrogens with one attached hydrogen (secondary N) is 1. The highest BCUT2D eigenvalue weighted by atomic mass is 35.5. The predicted octanol–water partition coefficient (Wildman–Crippen LogP) is 5.46. The highest BCUT2D eigenvalue weighted by Gasteiger charge is 2.33. The van der Waals surface area contributed by atoms with Crippen LogP contribution in [0.2, 0.25) is 5.02 Å². The molecule has 0 bridgehead atoms. The predicted molar refractivity (Wildman–Crippen MR) is 172 cm³/mol. The summed E-state index contributed by atoms with van der Waals surface area (Å²) in [7, 11) is -1.41. The average molecular weight is 642 g/mol. The van der Waals surface area contributed by atoms with Crippen LogP contribution in [0.5, 0.6) is 11.5 Å². The summed E-state index contributed by atoms with van der Waals surface area (Å²) in [6.45, 7) is 1.39. The third kappa shape index (κ3) is 8.24. The number of rotatable bonds is 13. The summed E-state index contributed by atoms with van der Waals surface area (Å²) in [5, 5.41) is 3.54. The monoisotopic (exact) mass is 641 g/mol. The number of anilines is 1. The van der Waals surface area contributed by atoms with Crippen LogP contribution in [-0.2, 0) is 26.0 Å². The molecule has 0 unspecified atom stereocenters. The van der Waals surface area contributed by atoms with E-state index >= 15 is 0 Å². The van der Waals surface area contributed by atoms with Gasteiger partial charge in [0.1, 0.15) is 12.6 Å². The lowest BCUT2D eigenvalue weighted by Crippen LogP contribution is -2.53. The van der Waals surface area contributed by atoms with Gasteiger partial charge in [-0.25, -0.2) is 8.42 Å². The molecule has 0 aliphatic heterocycles. The molecule has 4 rings (SSSR count). The van der Waals surface area contributed by atoms with E-state index in [1.807, 2.05) is 30.3 Å². The van der Waals surface area contributed by atoms with Crippen molar-refractivity contribution in [3.05, 3.63) is 83.4 Å². The van der Waals surface area contributed by atoms with Gasteiger partial charge in [0.15, 0.2) is 11.5 Å². The minimum absolute atomic E-state index is 0.0702. The number of halogens is 1. The second kappa shape index (κ2) is 15.3. The summed E-state index contributed by atoms with van der Waals surface area (Å²) in [5.74, 6) is -0.163. The zero-order chi connectivity index (χ0) is 31.7. The molecule has 1 N–H and O–H groups in total. The lowest BCUT2D eigenvalue weighted by Gasteiger charge is -2.33. The highest BCUT2D eigenvalue weighted by Crippen LogP contribution is 2.32. The first-order chi connectivity index (χ1) is 21.1. The molecule has 1 aliphatic rings. The van der Waals surface area contributed by atoms with Gasteiger partial charge in [0.05, 0.1) is 24.8 Å². The highest BCUT2D eigenvalue weighted by molar-refractivity contribution is 7.92. The smallest absolute Gasteiger partial charge is 0.264 e. The molecule has 1 fully saturated rings. The van der Waals surface area contributed by atoms with Crippen LogP contribution >= 0.6 is 11.6 Å². The summed E-state index contributed by atoms with van der Waals surface area (Å²) in [5.41, 5.74) is 1.25. The molecule has 44 heavy (non-hydrogen) atoms. The van der Waals surface area contributed by atoms with Crippen LogP contribution in [0.3, 0.4) is 0 Å². The molecule has 0 heterocycles. The van der Waals surface area contributed by atoms with E-state index in [0.29, 0.717) is 17.2 Å². The van der Waals surface area contributed by atoms with Crippen molar-refractivity contribution in [2.45, 2.75) is 62.4 Å². The maximum absolute atomic E-state index is 14.1. The Balaban J connectivity index is 1.66. The van der Waals surface area contributed by atoms with Crippen LogP contribution in [0, 0.1) is 0 Å². The molecule has 1 aliphatic carbocycles. The molecule has 9 nitrogen and oxygen atoms in total. The van der Waals surface area contributed by atoms with Gasteiger partial charge in [0.2, 0.25) is 11.8 Å². The summed E-state index contributed by atoms with van der Waals surface area (Å²) >= 11 is 6.11. The quantitative estimate of drug-likeness (QED) is 0.266. The summed E-state index contributed by atoms with van der Waals surface area (Å²) < 4.78 is 39.9. The molecule has 3 aromatic rings. The maximum atomic E-state index is 14.1. The van der Waals surface area contributed by atoms with E-state index in [2.05, 4.69) is 5.32 Å². The van der Waals surface area contributed by atoms with Gasteiger partial charge >= 0.3 is 0 Å². The van der Waals surface area contributed by atoms with Crippen molar-refractivity contribution in [3.63, 3.8) is 0 Å². The minimum atomic E-state index is -4.28. The Morgan fingerprint density at radius 3 is 2.23 bits per heavy atom. The number of amides is 2. The lowest BCUT2D eigenvalue weighted by molar-refractivity contribution is -0.139. The van der Waals surface area contributed by atoms with Crippen molar-refractivity contribution in [2.75, 3.05) is 31.6 Å². The van der Waals surface area contributed by atoms with Gasteiger partial charge < -0.3 is 19.7 Å². The number of carbonyl (C=O) groups excluding carboxylic acids is 2. The molecule has 11 heteroatoms. The normalized spacial score (nSPS) is 14.4. The fraction of sp³-hybridized carbons (Fsp3) is 0.394. The van der Waals surface area contributed by atoms with Crippen molar-refractivity contribution >= 4 is 39.1 Å². The van der Waals surface area contributed by atoms with Crippen LogP contribution in [0.15, 0.2) is 77.7 Å².